The first kappa shape index (κ1) is 16.9. The molecule has 1 unspecified atom stereocenters. The van der Waals surface area contributed by atoms with Gasteiger partial charge in [0.15, 0.2) is 0 Å². The maximum absolute atomic E-state index is 12.2. The normalized spacial score (nSPS) is 12.0. The minimum atomic E-state index is -0.616. The lowest BCUT2D eigenvalue weighted by Gasteiger charge is -2.17. The molecular formula is C13H21N5O3. The molecular weight excluding hydrogens is 274 g/mol. The van der Waals surface area contributed by atoms with Crippen LogP contribution in [0.3, 0.4) is 0 Å². The second kappa shape index (κ2) is 7.55. The summed E-state index contributed by atoms with van der Waals surface area (Å²) in [4.78, 5) is 24.7. The Balaban J connectivity index is 2.90. The number of hydrogen-bond donors (Lipinski definition) is 3. The molecule has 4 N–H and O–H groups in total. The van der Waals surface area contributed by atoms with Crippen LogP contribution in [0.15, 0.2) is 18.2 Å². The number of para-hydroxylation sites is 1. The number of anilines is 1. The monoisotopic (exact) mass is 295 g/mol. The van der Waals surface area contributed by atoms with Gasteiger partial charge in [0.2, 0.25) is 0 Å². The number of carbonyl (C=O) groups is 1. The van der Waals surface area contributed by atoms with Crippen LogP contribution >= 0.6 is 0 Å². The number of nitro benzene ring substituents is 1. The number of nitrogens with two attached hydrogens (primary N) is 1. The Bertz CT molecular complexity index is 519. The Morgan fingerprint density at radius 2 is 2.14 bits per heavy atom. The van der Waals surface area contributed by atoms with Gasteiger partial charge in [-0.1, -0.05) is 6.07 Å². The number of rotatable bonds is 7. The number of nitrogens with one attached hydrogen (secondary N) is 2. The van der Waals surface area contributed by atoms with E-state index in [0.29, 0.717) is 0 Å². The Morgan fingerprint density at radius 3 is 2.67 bits per heavy atom. The van der Waals surface area contributed by atoms with Crippen LogP contribution in [0.5, 0.6) is 0 Å². The van der Waals surface area contributed by atoms with Crippen LogP contribution in [0.2, 0.25) is 0 Å². The van der Waals surface area contributed by atoms with E-state index in [1.165, 1.54) is 12.1 Å². The van der Waals surface area contributed by atoms with Crippen molar-refractivity contribution in [1.82, 2.24) is 10.2 Å². The second-order valence-corrected chi connectivity index (χ2v) is 5.07. The Kier molecular flexibility index (Phi) is 6.07. The highest BCUT2D eigenvalue weighted by atomic mass is 16.6. The molecule has 0 fully saturated rings. The lowest BCUT2D eigenvalue weighted by atomic mass is 10.1. The molecule has 0 radical (unpaired) electrons. The van der Waals surface area contributed by atoms with Crippen LogP contribution in [0.1, 0.15) is 23.7 Å². The zero-order valence-electron chi connectivity index (χ0n) is 12.4. The first-order chi connectivity index (χ1) is 9.86. The first-order valence-corrected chi connectivity index (χ1v) is 6.56. The number of hydrogen-bond acceptors (Lipinski definition) is 6. The highest BCUT2D eigenvalue weighted by Crippen LogP contribution is 2.27. The van der Waals surface area contributed by atoms with E-state index in [2.05, 4.69) is 10.7 Å². The Morgan fingerprint density at radius 1 is 1.48 bits per heavy atom. The number of carbonyl (C=O) groups excluding carboxylic acids is 1. The van der Waals surface area contributed by atoms with E-state index < -0.39 is 10.8 Å². The summed E-state index contributed by atoms with van der Waals surface area (Å²) in [5.41, 5.74) is 2.01. The summed E-state index contributed by atoms with van der Waals surface area (Å²) in [6.07, 6.45) is 0.751. The minimum absolute atomic E-state index is 0.00727. The van der Waals surface area contributed by atoms with Crippen LogP contribution in [-0.4, -0.2) is 42.4 Å². The summed E-state index contributed by atoms with van der Waals surface area (Å²) < 4.78 is 0. The van der Waals surface area contributed by atoms with E-state index in [-0.39, 0.29) is 23.0 Å². The maximum Gasteiger partial charge on any atom is 0.306 e. The molecule has 8 heteroatoms. The molecule has 1 aromatic rings. The molecule has 0 saturated heterocycles. The summed E-state index contributed by atoms with van der Waals surface area (Å²) in [5.74, 6) is 4.77. The van der Waals surface area contributed by atoms with Crippen LogP contribution < -0.4 is 16.6 Å². The van der Waals surface area contributed by atoms with Crippen molar-refractivity contribution in [3.8, 4) is 0 Å². The van der Waals surface area contributed by atoms with Gasteiger partial charge >= 0.3 is 5.69 Å². The van der Waals surface area contributed by atoms with Crippen molar-refractivity contribution in [3.05, 3.63) is 33.9 Å². The van der Waals surface area contributed by atoms with Gasteiger partial charge in [0.1, 0.15) is 11.3 Å². The third-order valence-electron chi connectivity index (χ3n) is 3.01. The molecule has 0 aliphatic carbocycles. The lowest BCUT2D eigenvalue weighted by Crippen LogP contribution is -2.35. The van der Waals surface area contributed by atoms with Gasteiger partial charge in [0.25, 0.3) is 5.91 Å². The summed E-state index contributed by atoms with van der Waals surface area (Å²) in [6.45, 7) is 2.67. The largest absolute Gasteiger partial charge is 0.349 e. The molecule has 1 rings (SSSR count). The predicted octanol–water partition coefficient (Wildman–Crippen LogP) is 0.950. The molecule has 0 spiro atoms. The van der Waals surface area contributed by atoms with Crippen molar-refractivity contribution < 1.29 is 9.72 Å². The quantitative estimate of drug-likeness (QED) is 0.392. The molecule has 0 bridgehead atoms. The van der Waals surface area contributed by atoms with Gasteiger partial charge in [-0.15, -0.1) is 0 Å². The predicted molar refractivity (Wildman–Crippen MR) is 81.0 cm³/mol. The minimum Gasteiger partial charge on any atom is -0.349 e. The van der Waals surface area contributed by atoms with Gasteiger partial charge in [-0.25, -0.2) is 0 Å². The fourth-order valence-corrected chi connectivity index (χ4v) is 1.87. The third kappa shape index (κ3) is 4.69. The first-order valence-electron chi connectivity index (χ1n) is 6.56. The van der Waals surface area contributed by atoms with Gasteiger partial charge in [0.05, 0.1) is 4.92 Å². The molecule has 1 amide bonds. The van der Waals surface area contributed by atoms with E-state index in [0.717, 1.165) is 13.0 Å². The van der Waals surface area contributed by atoms with Crippen LogP contribution in [-0.2, 0) is 0 Å². The molecule has 0 aliphatic rings. The number of amides is 1. The van der Waals surface area contributed by atoms with E-state index >= 15 is 0 Å². The van der Waals surface area contributed by atoms with Crippen molar-refractivity contribution >= 4 is 17.3 Å². The van der Waals surface area contributed by atoms with E-state index in [1.54, 1.807) is 6.07 Å². The standard InChI is InChI=1S/C13H21N5O3/c1-9(7-8-17(2)3)15-13(19)10-5-4-6-11(16-14)12(10)18(20)21/h4-6,9,16H,7-8,14H2,1-3H3,(H,15,19). The lowest BCUT2D eigenvalue weighted by molar-refractivity contribution is -0.384. The molecule has 0 heterocycles. The number of hydrazine groups is 1. The highest BCUT2D eigenvalue weighted by Gasteiger charge is 2.24. The highest BCUT2D eigenvalue weighted by molar-refractivity contribution is 6.00. The zero-order chi connectivity index (χ0) is 16.0. The van der Waals surface area contributed by atoms with Gasteiger partial charge in [-0.3, -0.25) is 20.8 Å². The number of nitro groups is 1. The molecule has 0 aromatic heterocycles. The van der Waals surface area contributed by atoms with Crippen molar-refractivity contribution in [3.63, 3.8) is 0 Å². The summed E-state index contributed by atoms with van der Waals surface area (Å²) in [6, 6.07) is 4.31. The Labute approximate surface area is 123 Å². The fraction of sp³-hybridized carbons (Fsp3) is 0.462. The molecule has 21 heavy (non-hydrogen) atoms. The van der Waals surface area contributed by atoms with Gasteiger partial charge in [-0.2, -0.15) is 0 Å². The molecule has 116 valence electrons. The van der Waals surface area contributed by atoms with Crippen LogP contribution in [0.25, 0.3) is 0 Å². The smallest absolute Gasteiger partial charge is 0.306 e. The average Bonchev–Trinajstić information content (AvgIpc) is 2.43. The van der Waals surface area contributed by atoms with Gasteiger partial charge < -0.3 is 15.6 Å². The van der Waals surface area contributed by atoms with E-state index in [1.807, 2.05) is 25.9 Å². The average molecular weight is 295 g/mol. The zero-order valence-corrected chi connectivity index (χ0v) is 12.4. The summed E-state index contributed by atoms with van der Waals surface area (Å²) >= 11 is 0. The van der Waals surface area contributed by atoms with Gasteiger partial charge in [-0.05, 0) is 46.1 Å². The van der Waals surface area contributed by atoms with Crippen LogP contribution in [0, 0.1) is 10.1 Å². The van der Waals surface area contributed by atoms with E-state index in [4.69, 9.17) is 5.84 Å². The SMILES string of the molecule is CC(CCN(C)C)NC(=O)c1cccc(NN)c1[N+](=O)[O-]. The number of nitrogens with zero attached hydrogens (tertiary/aromatic N) is 2. The molecule has 0 saturated carbocycles. The number of benzene rings is 1. The molecule has 1 atom stereocenters. The van der Waals surface area contributed by atoms with Crippen molar-refractivity contribution in [2.24, 2.45) is 5.84 Å². The van der Waals surface area contributed by atoms with Crippen LogP contribution in [0.4, 0.5) is 11.4 Å². The van der Waals surface area contributed by atoms with E-state index in [9.17, 15) is 14.9 Å². The second-order valence-electron chi connectivity index (χ2n) is 5.07. The number of nitrogen functional groups attached to an aromatic ring is 1. The summed E-state index contributed by atoms with van der Waals surface area (Å²) in [7, 11) is 3.88. The molecule has 0 aliphatic heterocycles. The van der Waals surface area contributed by atoms with Crippen molar-refractivity contribution in [2.45, 2.75) is 19.4 Å². The molecule has 8 nitrogen and oxygen atoms in total. The fourth-order valence-electron chi connectivity index (χ4n) is 1.87. The van der Waals surface area contributed by atoms with Crippen molar-refractivity contribution in [2.75, 3.05) is 26.1 Å². The maximum atomic E-state index is 12.2. The summed E-state index contributed by atoms with van der Waals surface area (Å²) in [5, 5.41) is 13.9. The molecule has 1 aromatic carbocycles. The van der Waals surface area contributed by atoms with Gasteiger partial charge in [0, 0.05) is 6.04 Å². The third-order valence-corrected chi connectivity index (χ3v) is 3.01. The topological polar surface area (TPSA) is 114 Å². The van der Waals surface area contributed by atoms with Crippen molar-refractivity contribution in [1.29, 1.82) is 0 Å². The Hall–Kier alpha value is -2.19.